The Labute approximate surface area is 206 Å². The van der Waals surface area contributed by atoms with E-state index in [1.165, 1.54) is 0 Å². The van der Waals surface area contributed by atoms with Crippen LogP contribution in [0.3, 0.4) is 0 Å². The SMILES string of the molecule is CC(C)(C)OC(=O)C1(C(=O)OC(C)(C)C)Cc2ccc(Oc3ccccc3)cc2C(CC(=O)O)C1. The highest BCUT2D eigenvalue weighted by atomic mass is 16.6. The first kappa shape index (κ1) is 26.3. The van der Waals surface area contributed by atoms with Crippen LogP contribution in [0.15, 0.2) is 48.5 Å². The van der Waals surface area contributed by atoms with Crippen molar-refractivity contribution in [2.45, 2.75) is 77.9 Å². The van der Waals surface area contributed by atoms with E-state index in [2.05, 4.69) is 0 Å². The summed E-state index contributed by atoms with van der Waals surface area (Å²) in [5.41, 5.74) is -1.89. The molecule has 0 fully saturated rings. The van der Waals surface area contributed by atoms with Crippen molar-refractivity contribution in [1.82, 2.24) is 0 Å². The number of para-hydroxylation sites is 1. The number of fused-ring (bicyclic) bond motifs is 1. The van der Waals surface area contributed by atoms with Gasteiger partial charge >= 0.3 is 17.9 Å². The maximum absolute atomic E-state index is 13.5. The molecule has 1 unspecified atom stereocenters. The van der Waals surface area contributed by atoms with Crippen LogP contribution in [0.1, 0.15) is 71.4 Å². The van der Waals surface area contributed by atoms with Gasteiger partial charge in [-0.05, 0) is 95.7 Å². The number of hydrogen-bond donors (Lipinski definition) is 1. The van der Waals surface area contributed by atoms with E-state index in [9.17, 15) is 19.5 Å². The van der Waals surface area contributed by atoms with Crippen molar-refractivity contribution in [3.05, 3.63) is 59.7 Å². The van der Waals surface area contributed by atoms with Crippen LogP contribution in [0.5, 0.6) is 11.5 Å². The van der Waals surface area contributed by atoms with Gasteiger partial charge in [0.1, 0.15) is 22.7 Å². The molecule has 7 heteroatoms. The van der Waals surface area contributed by atoms with Gasteiger partial charge in [-0.3, -0.25) is 14.4 Å². The van der Waals surface area contributed by atoms with Crippen LogP contribution in [0.4, 0.5) is 0 Å². The smallest absolute Gasteiger partial charge is 0.324 e. The van der Waals surface area contributed by atoms with Gasteiger partial charge in [0.15, 0.2) is 5.41 Å². The number of aliphatic carboxylic acids is 1. The number of carbonyl (C=O) groups excluding carboxylic acids is 2. The summed E-state index contributed by atoms with van der Waals surface area (Å²) in [5.74, 6) is -1.85. The molecule has 1 N–H and O–H groups in total. The van der Waals surface area contributed by atoms with Crippen molar-refractivity contribution in [3.63, 3.8) is 0 Å². The molecule has 7 nitrogen and oxygen atoms in total. The van der Waals surface area contributed by atoms with Crippen LogP contribution >= 0.6 is 0 Å². The number of carboxylic acid groups (broad SMARTS) is 1. The number of rotatable bonds is 6. The molecule has 3 rings (SSSR count). The third kappa shape index (κ3) is 6.62. The lowest BCUT2D eigenvalue weighted by Gasteiger charge is -2.40. The summed E-state index contributed by atoms with van der Waals surface area (Å²) < 4.78 is 17.3. The molecule has 0 spiro atoms. The summed E-state index contributed by atoms with van der Waals surface area (Å²) in [5, 5.41) is 9.65. The fourth-order valence-electron chi connectivity index (χ4n) is 4.27. The van der Waals surface area contributed by atoms with E-state index in [0.29, 0.717) is 17.1 Å². The van der Waals surface area contributed by atoms with E-state index in [-0.39, 0.29) is 19.3 Å². The van der Waals surface area contributed by atoms with Gasteiger partial charge in [-0.15, -0.1) is 0 Å². The van der Waals surface area contributed by atoms with Crippen LogP contribution in [0.25, 0.3) is 0 Å². The summed E-state index contributed by atoms with van der Waals surface area (Å²) in [4.78, 5) is 38.8. The average Bonchev–Trinajstić information content (AvgIpc) is 2.71. The van der Waals surface area contributed by atoms with Crippen molar-refractivity contribution in [3.8, 4) is 11.5 Å². The van der Waals surface area contributed by atoms with Gasteiger partial charge in [-0.25, -0.2) is 0 Å². The van der Waals surface area contributed by atoms with E-state index < -0.39 is 40.4 Å². The zero-order valence-electron chi connectivity index (χ0n) is 21.2. The molecule has 0 heterocycles. The molecule has 0 bridgehead atoms. The predicted octanol–water partition coefficient (Wildman–Crippen LogP) is 5.65. The zero-order valence-corrected chi connectivity index (χ0v) is 21.2. The lowest BCUT2D eigenvalue weighted by molar-refractivity contribution is -0.187. The Kier molecular flexibility index (Phi) is 7.29. The second-order valence-electron chi connectivity index (χ2n) is 11.0. The van der Waals surface area contributed by atoms with E-state index >= 15 is 0 Å². The van der Waals surface area contributed by atoms with Gasteiger partial charge in [0, 0.05) is 0 Å². The first-order valence-corrected chi connectivity index (χ1v) is 11.7. The summed E-state index contributed by atoms with van der Waals surface area (Å²) in [6.07, 6.45) is -0.242. The van der Waals surface area contributed by atoms with Crippen molar-refractivity contribution < 1.29 is 33.7 Å². The maximum atomic E-state index is 13.5. The molecule has 1 aliphatic carbocycles. The number of carbonyl (C=O) groups is 3. The largest absolute Gasteiger partial charge is 0.481 e. The molecule has 0 aromatic heterocycles. The second-order valence-corrected chi connectivity index (χ2v) is 11.0. The first-order chi connectivity index (χ1) is 16.2. The molecule has 0 aliphatic heterocycles. The van der Waals surface area contributed by atoms with Crippen molar-refractivity contribution >= 4 is 17.9 Å². The van der Waals surface area contributed by atoms with E-state index in [4.69, 9.17) is 14.2 Å². The van der Waals surface area contributed by atoms with E-state index in [0.717, 1.165) is 5.56 Å². The lowest BCUT2D eigenvalue weighted by atomic mass is 9.66. The van der Waals surface area contributed by atoms with Crippen molar-refractivity contribution in [1.29, 1.82) is 0 Å². The van der Waals surface area contributed by atoms with Crippen LogP contribution in [-0.4, -0.2) is 34.2 Å². The van der Waals surface area contributed by atoms with Crippen molar-refractivity contribution in [2.24, 2.45) is 5.41 Å². The second kappa shape index (κ2) is 9.72. The Bertz CT molecular complexity index is 1060. The Balaban J connectivity index is 2.07. The summed E-state index contributed by atoms with van der Waals surface area (Å²) >= 11 is 0. The lowest BCUT2D eigenvalue weighted by Crippen LogP contribution is -2.50. The van der Waals surface area contributed by atoms with Crippen LogP contribution in [0, 0.1) is 5.41 Å². The number of hydrogen-bond acceptors (Lipinski definition) is 6. The third-order valence-corrected chi connectivity index (χ3v) is 5.62. The molecule has 188 valence electrons. The number of ether oxygens (including phenoxy) is 3. The molecule has 1 aliphatic rings. The maximum Gasteiger partial charge on any atom is 0.324 e. The molecule has 0 amide bonds. The third-order valence-electron chi connectivity index (χ3n) is 5.62. The minimum Gasteiger partial charge on any atom is -0.481 e. The summed E-state index contributed by atoms with van der Waals surface area (Å²) in [6, 6.07) is 14.6. The van der Waals surface area contributed by atoms with Gasteiger partial charge in [0.2, 0.25) is 0 Å². The number of benzene rings is 2. The minimum atomic E-state index is -1.66. The van der Waals surface area contributed by atoms with Gasteiger partial charge in [0.25, 0.3) is 0 Å². The van der Waals surface area contributed by atoms with Crippen LogP contribution in [0.2, 0.25) is 0 Å². The quantitative estimate of drug-likeness (QED) is 0.419. The highest BCUT2D eigenvalue weighted by molar-refractivity contribution is 6.01. The Hall–Kier alpha value is -3.35. The standard InChI is InChI=1S/C28H34O7/c1-26(2,3)34-24(31)28(25(32)35-27(4,5)6)16-18-12-13-21(33-20-10-8-7-9-11-20)15-22(18)19(17-28)14-23(29)30/h7-13,15,19H,14,16-17H2,1-6H3,(H,29,30). The molecule has 0 radical (unpaired) electrons. The summed E-state index contributed by atoms with van der Waals surface area (Å²) in [6.45, 7) is 10.4. The molecule has 2 aromatic carbocycles. The molecule has 0 saturated heterocycles. The fraction of sp³-hybridized carbons (Fsp3) is 0.464. The van der Waals surface area contributed by atoms with Crippen molar-refractivity contribution in [2.75, 3.05) is 0 Å². The predicted molar refractivity (Wildman–Crippen MR) is 130 cm³/mol. The summed E-state index contributed by atoms with van der Waals surface area (Å²) in [7, 11) is 0. The Morgan fingerprint density at radius 3 is 1.97 bits per heavy atom. The molecule has 0 saturated carbocycles. The molecular weight excluding hydrogens is 448 g/mol. The van der Waals surface area contributed by atoms with Crippen LogP contribution in [-0.2, 0) is 30.3 Å². The Morgan fingerprint density at radius 1 is 0.886 bits per heavy atom. The molecule has 35 heavy (non-hydrogen) atoms. The van der Waals surface area contributed by atoms with Gasteiger partial charge in [0.05, 0.1) is 6.42 Å². The topological polar surface area (TPSA) is 99.1 Å². The normalized spacial score (nSPS) is 17.1. The highest BCUT2D eigenvalue weighted by Gasteiger charge is 2.55. The average molecular weight is 483 g/mol. The Morgan fingerprint density at radius 2 is 1.46 bits per heavy atom. The van der Waals surface area contributed by atoms with E-state index in [1.807, 2.05) is 30.3 Å². The highest BCUT2D eigenvalue weighted by Crippen LogP contribution is 2.48. The van der Waals surface area contributed by atoms with Gasteiger partial charge in [-0.1, -0.05) is 24.3 Å². The number of carboxylic acids is 1. The fourth-order valence-corrected chi connectivity index (χ4v) is 4.27. The number of esters is 2. The van der Waals surface area contributed by atoms with Crippen LogP contribution < -0.4 is 4.74 Å². The van der Waals surface area contributed by atoms with Gasteiger partial charge in [-0.2, -0.15) is 0 Å². The monoisotopic (exact) mass is 482 g/mol. The minimum absolute atomic E-state index is 0.0368. The molecule has 2 aromatic rings. The zero-order chi connectivity index (χ0) is 26.0. The molecule has 1 atom stereocenters. The van der Waals surface area contributed by atoms with Gasteiger partial charge < -0.3 is 19.3 Å². The molecular formula is C28H34O7. The first-order valence-electron chi connectivity index (χ1n) is 11.7. The van der Waals surface area contributed by atoms with E-state index in [1.54, 1.807) is 59.7 Å².